The molecule has 0 aliphatic heterocycles. The van der Waals surface area contributed by atoms with Gasteiger partial charge in [-0.25, -0.2) is 0 Å². The minimum absolute atomic E-state index is 0.476. The Morgan fingerprint density at radius 2 is 2.20 bits per heavy atom. The van der Waals surface area contributed by atoms with Crippen molar-refractivity contribution in [2.24, 2.45) is 0 Å². The summed E-state index contributed by atoms with van der Waals surface area (Å²) in [5.74, 6) is 6.05. The highest BCUT2D eigenvalue weighted by molar-refractivity contribution is 5.51. The number of nitrogens with two attached hydrogens (primary N) is 1. The summed E-state index contributed by atoms with van der Waals surface area (Å²) < 4.78 is 0. The predicted octanol–water partition coefficient (Wildman–Crippen LogP) is 1.84. The number of aryl methyl sites for hydroxylation is 1. The van der Waals surface area contributed by atoms with Crippen molar-refractivity contribution < 1.29 is 5.11 Å². The van der Waals surface area contributed by atoms with Crippen LogP contribution < -0.4 is 5.73 Å². The third kappa shape index (κ3) is 2.51. The van der Waals surface area contributed by atoms with E-state index in [1.807, 2.05) is 25.1 Å². The van der Waals surface area contributed by atoms with Crippen molar-refractivity contribution in [3.63, 3.8) is 0 Å². The number of nitrogen functional groups attached to an aromatic ring is 1. The van der Waals surface area contributed by atoms with Crippen LogP contribution in [0.25, 0.3) is 0 Å². The Morgan fingerprint density at radius 1 is 1.47 bits per heavy atom. The minimum atomic E-state index is -0.476. The zero-order valence-electron chi connectivity index (χ0n) is 8.88. The summed E-state index contributed by atoms with van der Waals surface area (Å²) in [6.45, 7) is 1.97. The standard InChI is InChI=1S/C13H15NO/c1-10-9-11(4-5-12(10)14)3-2-6-13(15)7-8-13/h4-5,9,15H,6-8,14H2,1H3. The van der Waals surface area contributed by atoms with Crippen LogP contribution in [0.15, 0.2) is 18.2 Å². The number of benzene rings is 1. The molecule has 1 aromatic carbocycles. The van der Waals surface area contributed by atoms with E-state index >= 15 is 0 Å². The maximum atomic E-state index is 9.58. The van der Waals surface area contributed by atoms with Gasteiger partial charge in [-0.1, -0.05) is 11.8 Å². The summed E-state index contributed by atoms with van der Waals surface area (Å²) in [6.07, 6.45) is 2.36. The summed E-state index contributed by atoms with van der Waals surface area (Å²) in [5, 5.41) is 9.58. The lowest BCUT2D eigenvalue weighted by Crippen LogP contribution is -2.03. The average Bonchev–Trinajstić information content (AvgIpc) is 2.90. The molecule has 0 aromatic heterocycles. The van der Waals surface area contributed by atoms with Gasteiger partial charge >= 0.3 is 0 Å². The van der Waals surface area contributed by atoms with E-state index in [4.69, 9.17) is 5.73 Å². The van der Waals surface area contributed by atoms with E-state index in [-0.39, 0.29) is 0 Å². The molecule has 0 saturated heterocycles. The first-order valence-electron chi connectivity index (χ1n) is 5.16. The van der Waals surface area contributed by atoms with Gasteiger partial charge in [-0.15, -0.1) is 0 Å². The topological polar surface area (TPSA) is 46.2 Å². The van der Waals surface area contributed by atoms with Crippen LogP contribution in [-0.4, -0.2) is 10.7 Å². The summed E-state index contributed by atoms with van der Waals surface area (Å²) in [5.41, 5.74) is 8.04. The van der Waals surface area contributed by atoms with Crippen LogP contribution in [0.3, 0.4) is 0 Å². The third-order valence-corrected chi connectivity index (χ3v) is 2.75. The Hall–Kier alpha value is -1.46. The summed E-state index contributed by atoms with van der Waals surface area (Å²) in [4.78, 5) is 0. The molecule has 1 aliphatic rings. The molecule has 1 saturated carbocycles. The fraction of sp³-hybridized carbons (Fsp3) is 0.385. The first-order valence-corrected chi connectivity index (χ1v) is 5.16. The Bertz CT molecular complexity index is 436. The quantitative estimate of drug-likeness (QED) is 0.538. The monoisotopic (exact) mass is 201 g/mol. The van der Waals surface area contributed by atoms with Crippen molar-refractivity contribution in [2.75, 3.05) is 5.73 Å². The van der Waals surface area contributed by atoms with E-state index in [0.717, 1.165) is 29.7 Å². The van der Waals surface area contributed by atoms with Gasteiger partial charge in [-0.2, -0.15) is 0 Å². The maximum absolute atomic E-state index is 9.58. The van der Waals surface area contributed by atoms with Crippen LogP contribution in [0.4, 0.5) is 5.69 Å². The highest BCUT2D eigenvalue weighted by Gasteiger charge is 2.39. The summed E-state index contributed by atoms with van der Waals surface area (Å²) in [7, 11) is 0. The molecular formula is C13H15NO. The van der Waals surface area contributed by atoms with Crippen molar-refractivity contribution in [3.05, 3.63) is 29.3 Å². The normalized spacial score (nSPS) is 16.7. The fourth-order valence-electron chi connectivity index (χ4n) is 1.39. The molecule has 0 atom stereocenters. The van der Waals surface area contributed by atoms with Gasteiger partial charge in [0.25, 0.3) is 0 Å². The second-order valence-electron chi connectivity index (χ2n) is 4.27. The lowest BCUT2D eigenvalue weighted by Gasteiger charge is -2.00. The van der Waals surface area contributed by atoms with Gasteiger partial charge in [-0.05, 0) is 43.5 Å². The Kier molecular flexibility index (Phi) is 2.42. The Labute approximate surface area is 90.1 Å². The molecular weight excluding hydrogens is 186 g/mol. The third-order valence-electron chi connectivity index (χ3n) is 2.75. The largest absolute Gasteiger partial charge is 0.399 e. The lowest BCUT2D eigenvalue weighted by molar-refractivity contribution is 0.156. The van der Waals surface area contributed by atoms with Gasteiger partial charge in [0.1, 0.15) is 0 Å². The molecule has 2 nitrogen and oxygen atoms in total. The molecule has 0 spiro atoms. The van der Waals surface area contributed by atoms with Gasteiger partial charge in [-0.3, -0.25) is 0 Å². The summed E-state index contributed by atoms with van der Waals surface area (Å²) >= 11 is 0. The molecule has 1 aromatic rings. The first-order chi connectivity index (χ1) is 7.09. The number of hydrogen-bond donors (Lipinski definition) is 2. The van der Waals surface area contributed by atoms with Crippen molar-refractivity contribution in [2.45, 2.75) is 31.8 Å². The van der Waals surface area contributed by atoms with Gasteiger partial charge in [0.15, 0.2) is 0 Å². The Balaban J connectivity index is 2.06. The zero-order chi connectivity index (χ0) is 10.9. The second kappa shape index (κ2) is 3.60. The van der Waals surface area contributed by atoms with Crippen LogP contribution in [0.1, 0.15) is 30.4 Å². The summed E-state index contributed by atoms with van der Waals surface area (Å²) in [6, 6.07) is 5.75. The maximum Gasteiger partial charge on any atom is 0.0758 e. The predicted molar refractivity (Wildman–Crippen MR) is 61.3 cm³/mol. The molecule has 0 radical (unpaired) electrons. The molecule has 78 valence electrons. The molecule has 15 heavy (non-hydrogen) atoms. The van der Waals surface area contributed by atoms with Crippen molar-refractivity contribution in [1.82, 2.24) is 0 Å². The first kappa shape index (κ1) is 10.1. The molecule has 1 aliphatic carbocycles. The van der Waals surface area contributed by atoms with E-state index in [0.29, 0.717) is 6.42 Å². The number of rotatable bonds is 1. The molecule has 2 heteroatoms. The Morgan fingerprint density at radius 3 is 2.80 bits per heavy atom. The fourth-order valence-corrected chi connectivity index (χ4v) is 1.39. The smallest absolute Gasteiger partial charge is 0.0758 e. The number of aliphatic hydroxyl groups is 1. The molecule has 0 heterocycles. The second-order valence-corrected chi connectivity index (χ2v) is 4.27. The van der Waals surface area contributed by atoms with Crippen LogP contribution in [0.2, 0.25) is 0 Å². The van der Waals surface area contributed by atoms with E-state index in [1.165, 1.54) is 0 Å². The lowest BCUT2D eigenvalue weighted by atomic mass is 10.1. The van der Waals surface area contributed by atoms with Crippen LogP contribution in [-0.2, 0) is 0 Å². The molecule has 3 N–H and O–H groups in total. The van der Waals surface area contributed by atoms with Crippen molar-refractivity contribution in [3.8, 4) is 11.8 Å². The zero-order valence-corrected chi connectivity index (χ0v) is 8.88. The van der Waals surface area contributed by atoms with Gasteiger partial charge in [0.05, 0.1) is 5.60 Å². The molecule has 0 unspecified atom stereocenters. The minimum Gasteiger partial charge on any atom is -0.399 e. The molecule has 1 fully saturated rings. The van der Waals surface area contributed by atoms with E-state index in [1.54, 1.807) is 0 Å². The van der Waals surface area contributed by atoms with Crippen LogP contribution >= 0.6 is 0 Å². The SMILES string of the molecule is Cc1cc(C#CCC2(O)CC2)ccc1N. The number of hydrogen-bond acceptors (Lipinski definition) is 2. The van der Waals surface area contributed by atoms with Gasteiger partial charge < -0.3 is 10.8 Å². The van der Waals surface area contributed by atoms with Gasteiger partial charge in [0.2, 0.25) is 0 Å². The van der Waals surface area contributed by atoms with E-state index < -0.39 is 5.60 Å². The molecule has 0 bridgehead atoms. The van der Waals surface area contributed by atoms with Crippen molar-refractivity contribution in [1.29, 1.82) is 0 Å². The van der Waals surface area contributed by atoms with Crippen LogP contribution in [0.5, 0.6) is 0 Å². The van der Waals surface area contributed by atoms with Crippen LogP contribution in [0, 0.1) is 18.8 Å². The number of anilines is 1. The average molecular weight is 201 g/mol. The highest BCUT2D eigenvalue weighted by atomic mass is 16.3. The molecule has 2 rings (SSSR count). The van der Waals surface area contributed by atoms with E-state index in [2.05, 4.69) is 11.8 Å². The van der Waals surface area contributed by atoms with E-state index in [9.17, 15) is 5.11 Å². The molecule has 0 amide bonds. The highest BCUT2D eigenvalue weighted by Crippen LogP contribution is 2.37. The van der Waals surface area contributed by atoms with Gasteiger partial charge in [0, 0.05) is 17.7 Å². The van der Waals surface area contributed by atoms with Crippen molar-refractivity contribution >= 4 is 5.69 Å².